The summed E-state index contributed by atoms with van der Waals surface area (Å²) in [6.45, 7) is 3.87. The Bertz CT molecular complexity index is 1080. The topological polar surface area (TPSA) is 101 Å². The van der Waals surface area contributed by atoms with Gasteiger partial charge in [-0.3, -0.25) is 4.79 Å². The Morgan fingerprint density at radius 3 is 2.62 bits per heavy atom. The van der Waals surface area contributed by atoms with Crippen molar-refractivity contribution < 1.29 is 9.90 Å². The fourth-order valence-corrected chi connectivity index (χ4v) is 3.50. The quantitative estimate of drug-likeness (QED) is 0.582. The van der Waals surface area contributed by atoms with Crippen LogP contribution in [0.3, 0.4) is 0 Å². The maximum absolute atomic E-state index is 12.6. The lowest BCUT2D eigenvalue weighted by Crippen LogP contribution is -2.22. The van der Waals surface area contributed by atoms with Crippen LogP contribution in [-0.4, -0.2) is 21.0 Å². The molecular formula is C23H24N4O2. The zero-order valence-electron chi connectivity index (χ0n) is 16.6. The van der Waals surface area contributed by atoms with Gasteiger partial charge in [-0.05, 0) is 61.2 Å². The minimum absolute atomic E-state index is 0.0780. The molecule has 4 N–H and O–H groups in total. The Morgan fingerprint density at radius 2 is 1.90 bits per heavy atom. The molecule has 6 nitrogen and oxygen atoms in total. The van der Waals surface area contributed by atoms with Crippen LogP contribution in [0.25, 0.3) is 22.5 Å². The molecule has 0 bridgehead atoms. The number of carbonyl (C=O) groups is 1. The third-order valence-corrected chi connectivity index (χ3v) is 5.43. The van der Waals surface area contributed by atoms with Crippen LogP contribution in [0.2, 0.25) is 0 Å². The third kappa shape index (κ3) is 3.66. The molecule has 2 aromatic carbocycles. The molecule has 0 aliphatic heterocycles. The van der Waals surface area contributed by atoms with Crippen LogP contribution < -0.4 is 11.1 Å². The summed E-state index contributed by atoms with van der Waals surface area (Å²) in [7, 11) is 0. The second kappa shape index (κ2) is 7.54. The van der Waals surface area contributed by atoms with E-state index in [2.05, 4.69) is 5.32 Å². The van der Waals surface area contributed by atoms with E-state index in [4.69, 9.17) is 15.7 Å². The number of aromatic hydroxyl groups is 1. The van der Waals surface area contributed by atoms with E-state index in [0.717, 1.165) is 53.0 Å². The molecule has 29 heavy (non-hydrogen) atoms. The number of nitrogen functional groups attached to an aromatic ring is 1. The number of nitrogens with zero attached hydrogens (tertiary/aromatic N) is 2. The molecule has 0 fully saturated rings. The number of amides is 1. The number of nitrogens with two attached hydrogens (primary N) is 1. The van der Waals surface area contributed by atoms with Gasteiger partial charge in [-0.2, -0.15) is 0 Å². The molecule has 0 saturated carbocycles. The smallest absolute Gasteiger partial charge is 0.228 e. The second-order valence-corrected chi connectivity index (χ2v) is 7.48. The molecule has 0 spiro atoms. The number of benzene rings is 2. The molecule has 0 radical (unpaired) electrons. The van der Waals surface area contributed by atoms with Gasteiger partial charge in [0.1, 0.15) is 11.4 Å². The van der Waals surface area contributed by atoms with E-state index in [0.29, 0.717) is 11.5 Å². The van der Waals surface area contributed by atoms with Gasteiger partial charge in [0.25, 0.3) is 0 Å². The van der Waals surface area contributed by atoms with Gasteiger partial charge in [-0.25, -0.2) is 9.97 Å². The summed E-state index contributed by atoms with van der Waals surface area (Å²) in [6, 6.07) is 12.6. The SMILES string of the molecule is CCC(C)C(=O)Nc1nc2c(nc1-c1ccc(O)cc1)-c1ccc(N)cc1CC2. The van der Waals surface area contributed by atoms with Crippen molar-refractivity contribution in [1.82, 2.24) is 9.97 Å². The van der Waals surface area contributed by atoms with Gasteiger partial charge >= 0.3 is 0 Å². The minimum atomic E-state index is -0.121. The van der Waals surface area contributed by atoms with E-state index in [1.165, 1.54) is 0 Å². The minimum Gasteiger partial charge on any atom is -0.508 e. The number of nitrogens with one attached hydrogen (secondary N) is 1. The maximum atomic E-state index is 12.6. The van der Waals surface area contributed by atoms with Crippen molar-refractivity contribution in [2.24, 2.45) is 5.92 Å². The fourth-order valence-electron chi connectivity index (χ4n) is 3.50. The zero-order valence-corrected chi connectivity index (χ0v) is 16.6. The van der Waals surface area contributed by atoms with Crippen LogP contribution in [0.15, 0.2) is 42.5 Å². The number of aryl methyl sites for hydroxylation is 2. The van der Waals surface area contributed by atoms with Crippen LogP contribution >= 0.6 is 0 Å². The Morgan fingerprint density at radius 1 is 1.14 bits per heavy atom. The number of hydrogen-bond donors (Lipinski definition) is 3. The van der Waals surface area contributed by atoms with Crippen LogP contribution in [0.4, 0.5) is 11.5 Å². The summed E-state index contributed by atoms with van der Waals surface area (Å²) in [4.78, 5) is 22.3. The van der Waals surface area contributed by atoms with Gasteiger partial charge in [0, 0.05) is 22.7 Å². The molecule has 1 unspecified atom stereocenters. The highest BCUT2D eigenvalue weighted by molar-refractivity contribution is 5.95. The lowest BCUT2D eigenvalue weighted by molar-refractivity contribution is -0.119. The molecule has 148 valence electrons. The van der Waals surface area contributed by atoms with Crippen LogP contribution in [-0.2, 0) is 17.6 Å². The van der Waals surface area contributed by atoms with Gasteiger partial charge in [0.15, 0.2) is 5.82 Å². The van der Waals surface area contributed by atoms with Crippen molar-refractivity contribution >= 4 is 17.4 Å². The summed E-state index contributed by atoms with van der Waals surface area (Å²) >= 11 is 0. The van der Waals surface area contributed by atoms with E-state index in [9.17, 15) is 9.90 Å². The molecule has 0 saturated heterocycles. The summed E-state index contributed by atoms with van der Waals surface area (Å²) in [5.74, 6) is 0.430. The normalized spacial score (nSPS) is 13.3. The highest BCUT2D eigenvalue weighted by Crippen LogP contribution is 2.36. The molecule has 4 rings (SSSR count). The number of hydrogen-bond acceptors (Lipinski definition) is 5. The summed E-state index contributed by atoms with van der Waals surface area (Å²) < 4.78 is 0. The molecule has 1 heterocycles. The van der Waals surface area contributed by atoms with Crippen molar-refractivity contribution in [3.63, 3.8) is 0 Å². The van der Waals surface area contributed by atoms with Gasteiger partial charge in [0.05, 0.1) is 11.4 Å². The average Bonchev–Trinajstić information content (AvgIpc) is 2.73. The number of carbonyl (C=O) groups excluding carboxylic acids is 1. The van der Waals surface area contributed by atoms with Crippen molar-refractivity contribution in [2.75, 3.05) is 11.1 Å². The first kappa shape index (κ1) is 18.9. The second-order valence-electron chi connectivity index (χ2n) is 7.48. The molecular weight excluding hydrogens is 364 g/mol. The van der Waals surface area contributed by atoms with Crippen LogP contribution in [0.1, 0.15) is 31.5 Å². The molecule has 6 heteroatoms. The zero-order chi connectivity index (χ0) is 20.5. The average molecular weight is 388 g/mol. The number of aromatic nitrogens is 2. The summed E-state index contributed by atoms with van der Waals surface area (Å²) in [6.07, 6.45) is 2.31. The lowest BCUT2D eigenvalue weighted by Gasteiger charge is -2.22. The third-order valence-electron chi connectivity index (χ3n) is 5.43. The van der Waals surface area contributed by atoms with Gasteiger partial charge < -0.3 is 16.2 Å². The Labute approximate surface area is 169 Å². The van der Waals surface area contributed by atoms with Gasteiger partial charge in [-0.15, -0.1) is 0 Å². The molecule has 1 aliphatic rings. The van der Waals surface area contributed by atoms with Gasteiger partial charge in [0.2, 0.25) is 5.91 Å². The summed E-state index contributed by atoms with van der Waals surface area (Å²) in [5.41, 5.74) is 11.9. The molecule has 1 amide bonds. The monoisotopic (exact) mass is 388 g/mol. The first-order valence-corrected chi connectivity index (χ1v) is 9.86. The van der Waals surface area contributed by atoms with Crippen molar-refractivity contribution in [1.29, 1.82) is 0 Å². The predicted molar refractivity (Wildman–Crippen MR) is 114 cm³/mol. The number of rotatable bonds is 4. The number of phenols is 1. The van der Waals surface area contributed by atoms with Crippen molar-refractivity contribution in [3.8, 4) is 28.3 Å². The highest BCUT2D eigenvalue weighted by Gasteiger charge is 2.24. The first-order chi connectivity index (χ1) is 14.0. The first-order valence-electron chi connectivity index (χ1n) is 9.86. The molecule has 3 aromatic rings. The van der Waals surface area contributed by atoms with Crippen LogP contribution in [0.5, 0.6) is 5.75 Å². The number of fused-ring (bicyclic) bond motifs is 3. The van der Waals surface area contributed by atoms with E-state index < -0.39 is 0 Å². The fraction of sp³-hybridized carbons (Fsp3) is 0.261. The highest BCUT2D eigenvalue weighted by atomic mass is 16.3. The standard InChI is InChI=1S/C23H24N4O2/c1-3-13(2)23(29)27-22-20(14-4-8-17(28)9-5-14)26-21-18-10-7-16(24)12-15(18)6-11-19(21)25-22/h4-5,7-10,12-13,28H,3,6,11,24H2,1-2H3,(H,25,27,29). The molecule has 1 aliphatic carbocycles. The van der Waals surface area contributed by atoms with Crippen molar-refractivity contribution in [3.05, 3.63) is 53.7 Å². The predicted octanol–water partition coefficient (Wildman–Crippen LogP) is 4.18. The van der Waals surface area contributed by atoms with Gasteiger partial charge in [-0.1, -0.05) is 19.9 Å². The summed E-state index contributed by atoms with van der Waals surface area (Å²) in [5, 5.41) is 12.6. The molecule has 1 aromatic heterocycles. The molecule has 1 atom stereocenters. The van der Waals surface area contributed by atoms with E-state index in [1.54, 1.807) is 24.3 Å². The Hall–Kier alpha value is -3.41. The number of anilines is 2. The largest absolute Gasteiger partial charge is 0.508 e. The van der Waals surface area contributed by atoms with Crippen LogP contribution in [0, 0.1) is 5.92 Å². The number of phenolic OH excluding ortho intramolecular Hbond substituents is 1. The Kier molecular flexibility index (Phi) is 4.92. The van der Waals surface area contributed by atoms with E-state index >= 15 is 0 Å². The Balaban J connectivity index is 1.86. The van der Waals surface area contributed by atoms with Crippen molar-refractivity contribution in [2.45, 2.75) is 33.1 Å². The lowest BCUT2D eigenvalue weighted by atomic mass is 9.91. The maximum Gasteiger partial charge on any atom is 0.228 e. The van der Waals surface area contributed by atoms with E-state index in [1.807, 2.05) is 32.0 Å². The van der Waals surface area contributed by atoms with E-state index in [-0.39, 0.29) is 17.6 Å².